The molecule has 4 rings (SSSR count). The van der Waals surface area contributed by atoms with Gasteiger partial charge in [-0.05, 0) is 36.1 Å². The van der Waals surface area contributed by atoms with Crippen molar-refractivity contribution in [2.75, 3.05) is 19.6 Å². The Morgan fingerprint density at radius 2 is 2.08 bits per heavy atom. The number of likely N-dealkylation sites (tertiary alicyclic amines) is 1. The largest absolute Gasteiger partial charge is 0.488 e. The summed E-state index contributed by atoms with van der Waals surface area (Å²) in [7, 11) is 0. The highest BCUT2D eigenvalue weighted by Gasteiger charge is 2.28. The van der Waals surface area contributed by atoms with E-state index in [0.29, 0.717) is 12.0 Å². The Labute approximate surface area is 150 Å². The summed E-state index contributed by atoms with van der Waals surface area (Å²) in [4.78, 5) is 6.97. The lowest BCUT2D eigenvalue weighted by molar-refractivity contribution is 0.129. The maximum atomic E-state index is 6.05. The molecule has 1 aromatic heterocycles. The molecule has 1 aromatic carbocycles. The zero-order valence-corrected chi connectivity index (χ0v) is 14.9. The van der Waals surface area contributed by atoms with Gasteiger partial charge >= 0.3 is 0 Å². The number of benzene rings is 1. The summed E-state index contributed by atoms with van der Waals surface area (Å²) in [5.74, 6) is 1.70. The number of piperidine rings is 1. The van der Waals surface area contributed by atoms with Crippen LogP contribution in [0.5, 0.6) is 5.75 Å². The van der Waals surface area contributed by atoms with Gasteiger partial charge in [-0.25, -0.2) is 0 Å². The molecule has 1 fully saturated rings. The minimum absolute atomic E-state index is 0.274. The first-order valence-corrected chi connectivity index (χ1v) is 9.38. The highest BCUT2D eigenvalue weighted by atomic mass is 16.5. The Balaban J connectivity index is 1.24. The van der Waals surface area contributed by atoms with Gasteiger partial charge in [0.25, 0.3) is 0 Å². The summed E-state index contributed by atoms with van der Waals surface area (Å²) < 4.78 is 6.05. The lowest BCUT2D eigenvalue weighted by Crippen LogP contribution is -2.50. The van der Waals surface area contributed by atoms with Crippen molar-refractivity contribution in [3.8, 4) is 5.75 Å². The molecule has 2 aliphatic rings. The fourth-order valence-corrected chi connectivity index (χ4v) is 4.05. The Morgan fingerprint density at radius 1 is 1.20 bits per heavy atom. The summed E-state index contributed by atoms with van der Waals surface area (Å²) in [5, 5.41) is 3.77. The van der Waals surface area contributed by atoms with Crippen LogP contribution in [-0.2, 0) is 13.0 Å². The van der Waals surface area contributed by atoms with Crippen molar-refractivity contribution in [1.82, 2.24) is 15.2 Å². The number of para-hydroxylation sites is 1. The predicted octanol–water partition coefficient (Wildman–Crippen LogP) is 2.89. The maximum Gasteiger partial charge on any atom is 0.123 e. The van der Waals surface area contributed by atoms with Gasteiger partial charge in [0.05, 0.1) is 5.69 Å². The van der Waals surface area contributed by atoms with Gasteiger partial charge in [0.15, 0.2) is 0 Å². The fourth-order valence-electron chi connectivity index (χ4n) is 4.05. The van der Waals surface area contributed by atoms with E-state index in [1.165, 1.54) is 17.7 Å². The van der Waals surface area contributed by atoms with Gasteiger partial charge in [-0.3, -0.25) is 9.88 Å². The van der Waals surface area contributed by atoms with E-state index >= 15 is 0 Å². The highest BCUT2D eigenvalue weighted by Crippen LogP contribution is 2.28. The molecule has 4 nitrogen and oxygen atoms in total. The van der Waals surface area contributed by atoms with Crippen molar-refractivity contribution in [1.29, 1.82) is 0 Å². The monoisotopic (exact) mass is 337 g/mol. The van der Waals surface area contributed by atoms with Gasteiger partial charge in [0, 0.05) is 44.8 Å². The zero-order valence-electron chi connectivity index (χ0n) is 14.9. The van der Waals surface area contributed by atoms with Crippen molar-refractivity contribution in [2.45, 2.75) is 38.5 Å². The first-order chi connectivity index (χ1) is 12.3. The third-order valence-electron chi connectivity index (χ3n) is 5.42. The number of aromatic nitrogens is 1. The van der Waals surface area contributed by atoms with E-state index in [1.807, 2.05) is 18.3 Å². The molecule has 25 heavy (non-hydrogen) atoms. The number of rotatable bonds is 5. The van der Waals surface area contributed by atoms with E-state index in [4.69, 9.17) is 4.74 Å². The molecule has 3 heterocycles. The Kier molecular flexibility index (Phi) is 4.99. The smallest absolute Gasteiger partial charge is 0.123 e. The number of fused-ring (bicyclic) bond motifs is 1. The Morgan fingerprint density at radius 3 is 2.88 bits per heavy atom. The van der Waals surface area contributed by atoms with Crippen LogP contribution in [0.2, 0.25) is 0 Å². The van der Waals surface area contributed by atoms with E-state index in [9.17, 15) is 0 Å². The number of nitrogens with zero attached hydrogens (tertiary/aromatic N) is 2. The van der Waals surface area contributed by atoms with Crippen LogP contribution in [0.3, 0.4) is 0 Å². The number of ether oxygens (including phenoxy) is 1. The summed E-state index contributed by atoms with van der Waals surface area (Å²) in [6.45, 7) is 6.50. The van der Waals surface area contributed by atoms with Gasteiger partial charge in [-0.1, -0.05) is 31.2 Å². The number of nitrogens with one attached hydrogen (secondary N) is 1. The molecule has 0 aliphatic carbocycles. The topological polar surface area (TPSA) is 37.4 Å². The molecule has 0 spiro atoms. The van der Waals surface area contributed by atoms with Crippen LogP contribution < -0.4 is 10.1 Å². The molecule has 0 saturated carbocycles. The third kappa shape index (κ3) is 4.02. The number of pyridine rings is 1. The van der Waals surface area contributed by atoms with E-state index < -0.39 is 0 Å². The average molecular weight is 337 g/mol. The quantitative estimate of drug-likeness (QED) is 0.910. The van der Waals surface area contributed by atoms with E-state index in [2.05, 4.69) is 52.5 Å². The van der Waals surface area contributed by atoms with E-state index in [0.717, 1.165) is 38.3 Å². The molecular weight excluding hydrogens is 310 g/mol. The molecule has 0 bridgehead atoms. The van der Waals surface area contributed by atoms with Crippen molar-refractivity contribution in [3.63, 3.8) is 0 Å². The van der Waals surface area contributed by atoms with Crippen molar-refractivity contribution in [3.05, 3.63) is 59.9 Å². The normalized spacial score (nSPS) is 26.2. The molecule has 3 atom stereocenters. The first-order valence-electron chi connectivity index (χ1n) is 9.38. The van der Waals surface area contributed by atoms with Crippen LogP contribution in [-0.4, -0.2) is 41.7 Å². The maximum absolute atomic E-state index is 6.05. The molecular formula is C21H27N3O. The van der Waals surface area contributed by atoms with Crippen LogP contribution in [0, 0.1) is 5.92 Å². The molecule has 0 amide bonds. The summed E-state index contributed by atoms with van der Waals surface area (Å²) in [5.41, 5.74) is 2.51. The Hall–Kier alpha value is -1.91. The third-order valence-corrected chi connectivity index (χ3v) is 5.42. The van der Waals surface area contributed by atoms with Crippen molar-refractivity contribution in [2.24, 2.45) is 5.92 Å². The number of hydrogen-bond donors (Lipinski definition) is 1. The molecule has 2 aliphatic heterocycles. The average Bonchev–Trinajstić information content (AvgIpc) is 3.05. The minimum Gasteiger partial charge on any atom is -0.488 e. The lowest BCUT2D eigenvalue weighted by atomic mass is 9.93. The molecule has 1 saturated heterocycles. The van der Waals surface area contributed by atoms with Crippen LogP contribution in [0.4, 0.5) is 0 Å². The Bertz CT molecular complexity index is 666. The number of hydrogen-bond acceptors (Lipinski definition) is 4. The molecule has 132 valence electrons. The molecule has 1 N–H and O–H groups in total. The van der Waals surface area contributed by atoms with Crippen LogP contribution in [0.25, 0.3) is 0 Å². The summed E-state index contributed by atoms with van der Waals surface area (Å²) >= 11 is 0. The predicted molar refractivity (Wildman–Crippen MR) is 99.6 cm³/mol. The highest BCUT2D eigenvalue weighted by molar-refractivity contribution is 5.37. The van der Waals surface area contributed by atoms with E-state index in [-0.39, 0.29) is 6.10 Å². The fraction of sp³-hybridized carbons (Fsp3) is 0.476. The van der Waals surface area contributed by atoms with Gasteiger partial charge in [-0.2, -0.15) is 0 Å². The van der Waals surface area contributed by atoms with Gasteiger partial charge in [0.2, 0.25) is 0 Å². The zero-order chi connectivity index (χ0) is 17.1. The van der Waals surface area contributed by atoms with Crippen molar-refractivity contribution >= 4 is 0 Å². The lowest BCUT2D eigenvalue weighted by Gasteiger charge is -2.37. The van der Waals surface area contributed by atoms with Gasteiger partial charge in [-0.15, -0.1) is 0 Å². The molecule has 2 aromatic rings. The summed E-state index contributed by atoms with van der Waals surface area (Å²) in [6.07, 6.45) is 4.37. The molecule has 0 radical (unpaired) electrons. The molecule has 0 unspecified atom stereocenters. The van der Waals surface area contributed by atoms with Crippen molar-refractivity contribution < 1.29 is 4.74 Å². The molecule has 4 heteroatoms. The van der Waals surface area contributed by atoms with Crippen LogP contribution >= 0.6 is 0 Å². The van der Waals surface area contributed by atoms with Crippen LogP contribution in [0.1, 0.15) is 24.6 Å². The van der Waals surface area contributed by atoms with E-state index in [1.54, 1.807) is 0 Å². The first kappa shape index (κ1) is 16.6. The van der Waals surface area contributed by atoms with Gasteiger partial charge < -0.3 is 10.1 Å². The summed E-state index contributed by atoms with van der Waals surface area (Å²) in [6, 6.07) is 15.1. The standard InChI is InChI=1S/C21H27N3O/c1-16-14-24(15-18-7-4-5-10-22-18)11-9-20(16)23-13-19-12-17-6-2-3-8-21(17)25-19/h2-8,10,16,19-20,23H,9,11-15H2,1H3/t16-,19-,20+/m1/s1. The second kappa shape index (κ2) is 7.54. The van der Waals surface area contributed by atoms with Gasteiger partial charge in [0.1, 0.15) is 11.9 Å². The van der Waals surface area contributed by atoms with Crippen LogP contribution in [0.15, 0.2) is 48.7 Å². The second-order valence-corrected chi connectivity index (χ2v) is 7.39. The SMILES string of the molecule is C[C@@H]1CN(Cc2ccccn2)CC[C@@H]1NC[C@H]1Cc2ccccc2O1. The second-order valence-electron chi connectivity index (χ2n) is 7.39. The minimum atomic E-state index is 0.274.